The second-order valence-electron chi connectivity index (χ2n) is 1.55. The third kappa shape index (κ3) is 1.80. The van der Waals surface area contributed by atoms with E-state index < -0.39 is 12.7 Å². The molecule has 0 amide bonds. The molecule has 0 rings (SSSR count). The van der Waals surface area contributed by atoms with E-state index in [2.05, 4.69) is 0 Å². The quantitative estimate of drug-likeness (QED) is 0.476. The van der Waals surface area contributed by atoms with E-state index in [1.165, 1.54) is 6.07 Å². The first-order valence-corrected chi connectivity index (χ1v) is 2.23. The molecular formula is C4H2BFN3-. The third-order valence-electron chi connectivity index (χ3n) is 0.782. The van der Waals surface area contributed by atoms with Crippen molar-refractivity contribution in [2.45, 2.75) is 6.32 Å². The zero-order valence-electron chi connectivity index (χ0n) is 4.50. The molecule has 0 atom stereocenters. The molecule has 0 fully saturated rings. The van der Waals surface area contributed by atoms with Crippen LogP contribution in [0.1, 0.15) is 0 Å². The van der Waals surface area contributed by atoms with E-state index in [4.69, 9.17) is 15.8 Å². The van der Waals surface area contributed by atoms with Gasteiger partial charge in [-0.2, -0.15) is 0 Å². The van der Waals surface area contributed by atoms with Gasteiger partial charge in [0.2, 0.25) is 0 Å². The van der Waals surface area contributed by atoms with Gasteiger partial charge in [-0.05, 0) is 6.32 Å². The number of rotatable bonds is 1. The summed E-state index contributed by atoms with van der Waals surface area (Å²) in [5.74, 6) is 2.28. The summed E-state index contributed by atoms with van der Waals surface area (Å²) >= 11 is 0. The van der Waals surface area contributed by atoms with Crippen molar-refractivity contribution in [1.29, 1.82) is 15.8 Å². The van der Waals surface area contributed by atoms with E-state index >= 15 is 0 Å². The Morgan fingerprint density at radius 1 is 1.22 bits per heavy atom. The van der Waals surface area contributed by atoms with Crippen molar-refractivity contribution in [2.75, 3.05) is 0 Å². The molecule has 0 heterocycles. The summed E-state index contributed by atoms with van der Waals surface area (Å²) < 4.78 is 12.4. The van der Waals surface area contributed by atoms with Gasteiger partial charge in [0.05, 0.1) is 0 Å². The smallest absolute Gasteiger partial charge is 0.356 e. The maximum absolute atomic E-state index is 12.4. The molecule has 0 aliphatic carbocycles. The fourth-order valence-electron chi connectivity index (χ4n) is 0.246. The van der Waals surface area contributed by atoms with Crippen LogP contribution in [0, 0.1) is 33.8 Å². The summed E-state index contributed by atoms with van der Waals surface area (Å²) in [6.45, 7) is 0. The Balaban J connectivity index is 4.24. The standard InChI is InChI=1S/C4H2BFN3/c6-5(3-8,4-9)1-2-7/h1H2/q-1. The number of hydrogen-bond donors (Lipinski definition) is 0. The van der Waals surface area contributed by atoms with Crippen molar-refractivity contribution in [2.24, 2.45) is 0 Å². The monoisotopic (exact) mass is 122 g/mol. The van der Waals surface area contributed by atoms with Gasteiger partial charge in [0, 0.05) is 6.07 Å². The first-order chi connectivity index (χ1) is 4.18. The molecule has 0 radical (unpaired) electrons. The number of nitriles is 3. The number of hydrogen-bond acceptors (Lipinski definition) is 3. The minimum Gasteiger partial charge on any atom is -0.479 e. The minimum atomic E-state index is -3.22. The fourth-order valence-corrected chi connectivity index (χ4v) is 0.246. The summed E-state index contributed by atoms with van der Waals surface area (Å²) in [5, 5.41) is 23.8. The van der Waals surface area contributed by atoms with Gasteiger partial charge < -0.3 is 4.32 Å². The van der Waals surface area contributed by atoms with Crippen LogP contribution in [0.5, 0.6) is 0 Å². The molecule has 0 saturated heterocycles. The highest BCUT2D eigenvalue weighted by Crippen LogP contribution is 2.06. The molecule has 0 spiro atoms. The second kappa shape index (κ2) is 2.69. The summed E-state index contributed by atoms with van der Waals surface area (Å²) in [4.78, 5) is 0. The average Bonchev–Trinajstić information content (AvgIpc) is 1.89. The van der Waals surface area contributed by atoms with Crippen molar-refractivity contribution in [3.63, 3.8) is 0 Å². The zero-order chi connectivity index (χ0) is 7.33. The molecule has 3 nitrogen and oxygen atoms in total. The van der Waals surface area contributed by atoms with E-state index in [-0.39, 0.29) is 0 Å². The maximum atomic E-state index is 12.4. The summed E-state index contributed by atoms with van der Waals surface area (Å²) in [5.41, 5.74) is 0. The van der Waals surface area contributed by atoms with E-state index in [1.54, 1.807) is 0 Å². The Morgan fingerprint density at radius 3 is 1.78 bits per heavy atom. The highest BCUT2D eigenvalue weighted by molar-refractivity contribution is 6.87. The first kappa shape index (κ1) is 7.46. The Hall–Kier alpha value is -1.54. The molecular weight excluding hydrogens is 120 g/mol. The van der Waals surface area contributed by atoms with Crippen LogP contribution in [0.4, 0.5) is 4.32 Å². The second-order valence-corrected chi connectivity index (χ2v) is 1.55. The lowest BCUT2D eigenvalue weighted by Gasteiger charge is -2.06. The molecule has 5 heteroatoms. The lowest BCUT2D eigenvalue weighted by atomic mass is 9.44. The predicted molar refractivity (Wildman–Crippen MR) is 28.5 cm³/mol. The Bertz CT molecular complexity index is 203. The van der Waals surface area contributed by atoms with Crippen molar-refractivity contribution in [3.8, 4) is 18.0 Å². The Kier molecular flexibility index (Phi) is 2.23. The molecule has 0 aromatic carbocycles. The molecule has 0 N–H and O–H groups in total. The fraction of sp³-hybridized carbons (Fsp3) is 0.250. The zero-order valence-corrected chi connectivity index (χ0v) is 4.50. The topological polar surface area (TPSA) is 71.4 Å². The molecule has 0 aliphatic heterocycles. The summed E-state index contributed by atoms with van der Waals surface area (Å²) in [6.07, 6.45) is -3.85. The lowest BCUT2D eigenvalue weighted by Crippen LogP contribution is -2.23. The lowest BCUT2D eigenvalue weighted by molar-refractivity contribution is 0.824. The van der Waals surface area contributed by atoms with Crippen LogP contribution in [0.2, 0.25) is 6.32 Å². The number of nitrogens with zero attached hydrogens (tertiary/aromatic N) is 3. The van der Waals surface area contributed by atoms with Crippen LogP contribution in [-0.4, -0.2) is 6.42 Å². The van der Waals surface area contributed by atoms with Gasteiger partial charge in [0.1, 0.15) is 0 Å². The molecule has 0 saturated carbocycles. The normalized spacial score (nSPS) is 8.67. The van der Waals surface area contributed by atoms with Crippen molar-refractivity contribution in [3.05, 3.63) is 0 Å². The van der Waals surface area contributed by atoms with Crippen LogP contribution in [0.25, 0.3) is 0 Å². The van der Waals surface area contributed by atoms with E-state index in [1.807, 2.05) is 0 Å². The molecule has 0 aromatic rings. The number of halogens is 1. The van der Waals surface area contributed by atoms with Crippen LogP contribution in [0.3, 0.4) is 0 Å². The first-order valence-electron chi connectivity index (χ1n) is 2.23. The molecule has 44 valence electrons. The average molecular weight is 122 g/mol. The summed E-state index contributed by atoms with van der Waals surface area (Å²) in [7, 11) is 0. The minimum absolute atomic E-state index is 0.632. The van der Waals surface area contributed by atoms with Crippen LogP contribution >= 0.6 is 0 Å². The van der Waals surface area contributed by atoms with E-state index in [0.29, 0.717) is 0 Å². The van der Waals surface area contributed by atoms with Gasteiger partial charge in [0.15, 0.2) is 0 Å². The van der Waals surface area contributed by atoms with E-state index in [9.17, 15) is 4.32 Å². The highest BCUT2D eigenvalue weighted by atomic mass is 19.1. The maximum Gasteiger partial charge on any atom is 0.356 e. The van der Waals surface area contributed by atoms with Crippen molar-refractivity contribution >= 4 is 6.42 Å². The SMILES string of the molecule is N#CC[B-](F)(C#N)C#N. The van der Waals surface area contributed by atoms with Gasteiger partial charge in [-0.15, -0.1) is 0 Å². The molecule has 0 aliphatic rings. The largest absolute Gasteiger partial charge is 0.479 e. The Labute approximate surface area is 51.9 Å². The Morgan fingerprint density at radius 2 is 1.67 bits per heavy atom. The van der Waals surface area contributed by atoms with Crippen molar-refractivity contribution in [1.82, 2.24) is 0 Å². The summed E-state index contributed by atoms with van der Waals surface area (Å²) in [6, 6.07) is 1.42. The third-order valence-corrected chi connectivity index (χ3v) is 0.782. The predicted octanol–water partition coefficient (Wildman–Crippen LogP) is 0.551. The molecule has 0 bridgehead atoms. The van der Waals surface area contributed by atoms with Gasteiger partial charge in [-0.25, -0.2) is 15.8 Å². The molecule has 9 heavy (non-hydrogen) atoms. The van der Waals surface area contributed by atoms with Gasteiger partial charge in [-0.3, -0.25) is 0 Å². The molecule has 0 unspecified atom stereocenters. The highest BCUT2D eigenvalue weighted by Gasteiger charge is 2.22. The van der Waals surface area contributed by atoms with Crippen molar-refractivity contribution < 1.29 is 4.32 Å². The van der Waals surface area contributed by atoms with Crippen LogP contribution in [-0.2, 0) is 0 Å². The van der Waals surface area contributed by atoms with Gasteiger partial charge in [-0.1, -0.05) is 11.9 Å². The van der Waals surface area contributed by atoms with Crippen LogP contribution < -0.4 is 0 Å². The van der Waals surface area contributed by atoms with Gasteiger partial charge in [0.25, 0.3) is 0 Å². The molecule has 0 aromatic heterocycles. The van der Waals surface area contributed by atoms with Crippen LogP contribution in [0.15, 0.2) is 0 Å². The van der Waals surface area contributed by atoms with Gasteiger partial charge >= 0.3 is 6.42 Å². The van der Waals surface area contributed by atoms with E-state index in [0.717, 1.165) is 11.9 Å².